The molecular weight excluding hydrogens is 327 g/mol. The van der Waals surface area contributed by atoms with Crippen molar-refractivity contribution in [3.8, 4) is 28.7 Å². The topological polar surface area (TPSA) is 96.2 Å². The van der Waals surface area contributed by atoms with Crippen LogP contribution in [-0.4, -0.2) is 28.2 Å². The van der Waals surface area contributed by atoms with Crippen LogP contribution < -0.4 is 60.9 Å². The van der Waals surface area contributed by atoms with E-state index >= 15 is 0 Å². The number of ether oxygens (including phenoxy) is 2. The van der Waals surface area contributed by atoms with E-state index < -0.39 is 6.10 Å². The third kappa shape index (κ3) is 3.48. The van der Waals surface area contributed by atoms with Crippen LogP contribution in [0.1, 0.15) is 29.9 Å². The van der Waals surface area contributed by atoms with E-state index in [1.165, 1.54) is 19.2 Å². The zero-order valence-electron chi connectivity index (χ0n) is 13.7. The molecule has 0 radical (unpaired) electrons. The predicted octanol–water partition coefficient (Wildman–Crippen LogP) is -0.365. The molecule has 116 valence electrons. The van der Waals surface area contributed by atoms with Gasteiger partial charge in [-0.15, -0.1) is 0 Å². The van der Waals surface area contributed by atoms with Gasteiger partial charge in [-0.3, -0.25) is 4.79 Å². The molecule has 1 heterocycles. The van der Waals surface area contributed by atoms with Gasteiger partial charge in [0.25, 0.3) is 0 Å². The van der Waals surface area contributed by atoms with E-state index in [0.29, 0.717) is 5.56 Å². The largest absolute Gasteiger partial charge is 1.00 e. The molecule has 3 N–H and O–H groups in total. The van der Waals surface area contributed by atoms with Gasteiger partial charge in [0, 0.05) is 12.1 Å². The number of phenols is 3. The molecule has 1 aliphatic heterocycles. The summed E-state index contributed by atoms with van der Waals surface area (Å²) in [6.07, 6.45) is -0.546. The molecule has 0 amide bonds. The Morgan fingerprint density at radius 2 is 1.91 bits per heavy atom. The normalized spacial score (nSPS) is 16.0. The number of carbonyl (C=O) groups excluding carboxylic acids is 1. The number of carbonyl (C=O) groups is 1. The van der Waals surface area contributed by atoms with E-state index in [1.54, 1.807) is 12.1 Å². The molecule has 7 heteroatoms. The summed E-state index contributed by atoms with van der Waals surface area (Å²) >= 11 is 0. The van der Waals surface area contributed by atoms with Gasteiger partial charge < -0.3 is 26.2 Å². The van der Waals surface area contributed by atoms with E-state index in [0.717, 1.165) is 6.07 Å². The van der Waals surface area contributed by atoms with Crippen molar-refractivity contribution in [2.75, 3.05) is 7.11 Å². The van der Waals surface area contributed by atoms with Crippen molar-refractivity contribution in [2.24, 2.45) is 0 Å². The summed E-state index contributed by atoms with van der Waals surface area (Å²) in [5, 5.41) is 28.9. The molecule has 0 bridgehead atoms. The fourth-order valence-electron chi connectivity index (χ4n) is 2.51. The molecule has 1 atom stereocenters. The molecule has 0 saturated carbocycles. The number of ketones is 1. The number of hydrogen-bond acceptors (Lipinski definition) is 6. The molecule has 0 aromatic heterocycles. The van der Waals surface area contributed by atoms with Crippen molar-refractivity contribution in [1.82, 2.24) is 0 Å². The van der Waals surface area contributed by atoms with Gasteiger partial charge >= 0.3 is 51.4 Å². The molecular formula is C16H15KO6. The first-order valence-electron chi connectivity index (χ1n) is 6.62. The Balaban J connectivity index is 0.00000144. The van der Waals surface area contributed by atoms with Crippen LogP contribution in [0.2, 0.25) is 0 Å². The SMILES string of the molecule is COc1cc([C@@H]2CC(=O)c3c(O)cc(O)cc3O2)ccc1O.[H-].[K+]. The number of methoxy groups -OCH3 is 1. The second-order valence-corrected chi connectivity index (χ2v) is 5.00. The van der Waals surface area contributed by atoms with Gasteiger partial charge in [0.15, 0.2) is 17.3 Å². The maximum absolute atomic E-state index is 12.2. The van der Waals surface area contributed by atoms with Crippen LogP contribution in [0.25, 0.3) is 0 Å². The molecule has 2 aromatic rings. The van der Waals surface area contributed by atoms with Gasteiger partial charge in [0.2, 0.25) is 0 Å². The number of hydrogen-bond donors (Lipinski definition) is 3. The monoisotopic (exact) mass is 342 g/mol. The Bertz CT molecular complexity index is 764. The van der Waals surface area contributed by atoms with Gasteiger partial charge in [0.1, 0.15) is 28.9 Å². The minimum Gasteiger partial charge on any atom is -1.00 e. The Hall–Kier alpha value is -1.25. The van der Waals surface area contributed by atoms with Crippen molar-refractivity contribution in [3.05, 3.63) is 41.5 Å². The van der Waals surface area contributed by atoms with Crippen molar-refractivity contribution < 1.29 is 82.4 Å². The minimum atomic E-state index is -0.587. The van der Waals surface area contributed by atoms with Gasteiger partial charge in [0.05, 0.1) is 13.5 Å². The summed E-state index contributed by atoms with van der Waals surface area (Å²) < 4.78 is 10.8. The quantitative estimate of drug-likeness (QED) is 0.645. The summed E-state index contributed by atoms with van der Waals surface area (Å²) in [5.74, 6) is -0.376. The van der Waals surface area contributed by atoms with Crippen molar-refractivity contribution in [2.45, 2.75) is 12.5 Å². The molecule has 2 aromatic carbocycles. The van der Waals surface area contributed by atoms with Crippen LogP contribution in [0.5, 0.6) is 28.7 Å². The van der Waals surface area contributed by atoms with Crippen LogP contribution in [0.3, 0.4) is 0 Å². The van der Waals surface area contributed by atoms with Crippen molar-refractivity contribution in [3.63, 3.8) is 0 Å². The Morgan fingerprint density at radius 1 is 1.17 bits per heavy atom. The van der Waals surface area contributed by atoms with Gasteiger partial charge in [-0.2, -0.15) is 0 Å². The summed E-state index contributed by atoms with van der Waals surface area (Å²) in [6, 6.07) is 7.06. The van der Waals surface area contributed by atoms with Crippen LogP contribution in [0.4, 0.5) is 0 Å². The van der Waals surface area contributed by atoms with Crippen LogP contribution in [0.15, 0.2) is 30.3 Å². The molecule has 6 nitrogen and oxygen atoms in total. The third-order valence-corrected chi connectivity index (χ3v) is 3.56. The second kappa shape index (κ2) is 7.10. The van der Waals surface area contributed by atoms with Gasteiger partial charge in [-0.05, 0) is 17.7 Å². The molecule has 0 saturated heterocycles. The molecule has 0 unspecified atom stereocenters. The number of Topliss-reactive ketones (excluding diaryl/α,β-unsaturated/α-hetero) is 1. The fraction of sp³-hybridized carbons (Fsp3) is 0.188. The molecule has 3 rings (SSSR count). The predicted molar refractivity (Wildman–Crippen MR) is 77.9 cm³/mol. The molecule has 0 spiro atoms. The van der Waals surface area contributed by atoms with Crippen LogP contribution >= 0.6 is 0 Å². The van der Waals surface area contributed by atoms with Crippen molar-refractivity contribution >= 4 is 5.78 Å². The Morgan fingerprint density at radius 3 is 2.61 bits per heavy atom. The van der Waals surface area contributed by atoms with Crippen molar-refractivity contribution in [1.29, 1.82) is 0 Å². The number of rotatable bonds is 2. The first-order valence-corrected chi connectivity index (χ1v) is 6.62. The van der Waals surface area contributed by atoms with E-state index in [2.05, 4.69) is 0 Å². The second-order valence-electron chi connectivity index (χ2n) is 5.00. The zero-order valence-corrected chi connectivity index (χ0v) is 15.9. The minimum absolute atomic E-state index is 0. The number of benzene rings is 2. The average Bonchev–Trinajstić information content (AvgIpc) is 2.46. The smallest absolute Gasteiger partial charge is 1.00 e. The fourth-order valence-corrected chi connectivity index (χ4v) is 2.51. The van der Waals surface area contributed by atoms with Crippen LogP contribution in [-0.2, 0) is 0 Å². The van der Waals surface area contributed by atoms with E-state index in [1.807, 2.05) is 0 Å². The summed E-state index contributed by atoms with van der Waals surface area (Å²) in [5.41, 5.74) is 0.719. The molecule has 0 aliphatic carbocycles. The standard InChI is InChI=1S/C16H14O6.K.H/c1-21-14-4-8(2-3-10(14)18)13-7-12(20)16-11(19)5-9(17)6-15(16)22-13;;/h2-6,13,17-19H,7H2,1H3;;/q;+1;-1/t13-;;/m0../s1. The summed E-state index contributed by atoms with van der Waals surface area (Å²) in [7, 11) is 1.43. The first kappa shape index (κ1) is 18.1. The Kier molecular flexibility index (Phi) is 5.59. The van der Waals surface area contributed by atoms with Gasteiger partial charge in [-0.25, -0.2) is 0 Å². The number of aromatic hydroxyl groups is 3. The van der Waals surface area contributed by atoms with Crippen LogP contribution in [0, 0.1) is 0 Å². The maximum atomic E-state index is 12.2. The molecule has 0 fully saturated rings. The summed E-state index contributed by atoms with van der Waals surface area (Å²) in [4.78, 5) is 12.2. The average molecular weight is 342 g/mol. The number of fused-ring (bicyclic) bond motifs is 1. The first-order chi connectivity index (χ1) is 10.5. The Labute approximate surface area is 176 Å². The van der Waals surface area contributed by atoms with E-state index in [9.17, 15) is 20.1 Å². The molecule has 1 aliphatic rings. The zero-order chi connectivity index (χ0) is 15.9. The molecule has 23 heavy (non-hydrogen) atoms. The van der Waals surface area contributed by atoms with Gasteiger partial charge in [-0.1, -0.05) is 6.07 Å². The number of phenolic OH excluding ortho intramolecular Hbond substituents is 3. The summed E-state index contributed by atoms with van der Waals surface area (Å²) in [6.45, 7) is 0. The van der Waals surface area contributed by atoms with E-state index in [-0.39, 0.29) is 99.3 Å². The maximum Gasteiger partial charge on any atom is 1.00 e. The van der Waals surface area contributed by atoms with E-state index in [4.69, 9.17) is 9.47 Å². The third-order valence-electron chi connectivity index (χ3n) is 3.56.